The molecule has 3 N–H and O–H groups in total. The average molecular weight is 484 g/mol. The molecule has 3 aromatic rings. The number of nitrogens with one attached hydrogen (secondary N) is 1. The first kappa shape index (κ1) is 25.2. The number of H-pyrrole nitrogens is 1. The molecule has 1 aliphatic heterocycles. The fourth-order valence-corrected chi connectivity index (χ4v) is 4.64. The Morgan fingerprint density at radius 3 is 2.51 bits per heavy atom. The number of aryl methyl sites for hydroxylation is 1. The minimum absolute atomic E-state index is 0.155. The molecule has 0 aliphatic carbocycles. The molecule has 0 bridgehead atoms. The molecule has 35 heavy (non-hydrogen) atoms. The van der Waals surface area contributed by atoms with Crippen LogP contribution in [0.5, 0.6) is 6.01 Å². The van der Waals surface area contributed by atoms with Gasteiger partial charge in [0, 0.05) is 26.7 Å². The number of fused-ring (bicyclic) bond motifs is 1. The highest BCUT2D eigenvalue weighted by Crippen LogP contribution is 2.24. The second-order valence-corrected chi connectivity index (χ2v) is 9.58. The van der Waals surface area contributed by atoms with Crippen molar-refractivity contribution in [3.63, 3.8) is 0 Å². The molecule has 1 fully saturated rings. The predicted molar refractivity (Wildman–Crippen MR) is 136 cm³/mol. The van der Waals surface area contributed by atoms with Crippen LogP contribution in [-0.2, 0) is 24.4 Å². The zero-order chi connectivity index (χ0) is 24.8. The molecule has 3 heterocycles. The SMILES string of the molecule is COCCOc1nc(N)c2[nH]c(=O)n(CCC3CCN(Cc4ccc(CN(C)C)cc4)CC3)c2n1. The van der Waals surface area contributed by atoms with Crippen molar-refractivity contribution in [2.24, 2.45) is 5.92 Å². The Morgan fingerprint density at radius 1 is 1.11 bits per heavy atom. The van der Waals surface area contributed by atoms with Gasteiger partial charge in [-0.3, -0.25) is 9.47 Å². The summed E-state index contributed by atoms with van der Waals surface area (Å²) in [6.45, 7) is 5.41. The lowest BCUT2D eigenvalue weighted by molar-refractivity contribution is 0.141. The van der Waals surface area contributed by atoms with E-state index in [4.69, 9.17) is 15.2 Å². The molecule has 1 aliphatic rings. The first-order valence-corrected chi connectivity index (χ1v) is 12.3. The molecule has 0 saturated carbocycles. The Balaban J connectivity index is 1.31. The van der Waals surface area contributed by atoms with Crippen LogP contribution in [0, 0.1) is 5.92 Å². The van der Waals surface area contributed by atoms with Gasteiger partial charge in [0.2, 0.25) is 0 Å². The number of aromatic amines is 1. The van der Waals surface area contributed by atoms with E-state index in [9.17, 15) is 4.79 Å². The molecule has 1 saturated heterocycles. The van der Waals surface area contributed by atoms with E-state index in [-0.39, 0.29) is 17.5 Å². The number of rotatable bonds is 11. The molecule has 1 aromatic carbocycles. The zero-order valence-electron chi connectivity index (χ0n) is 21.0. The highest BCUT2D eigenvalue weighted by molar-refractivity contribution is 5.81. The summed E-state index contributed by atoms with van der Waals surface area (Å²) in [5, 5.41) is 0. The van der Waals surface area contributed by atoms with Gasteiger partial charge in [-0.1, -0.05) is 24.3 Å². The van der Waals surface area contributed by atoms with Gasteiger partial charge in [-0.2, -0.15) is 9.97 Å². The number of imidazole rings is 1. The summed E-state index contributed by atoms with van der Waals surface area (Å²) in [5.74, 6) is 0.781. The summed E-state index contributed by atoms with van der Waals surface area (Å²) < 4.78 is 12.2. The van der Waals surface area contributed by atoms with Crippen LogP contribution in [0.1, 0.15) is 30.4 Å². The molecule has 0 amide bonds. The van der Waals surface area contributed by atoms with Gasteiger partial charge in [0.25, 0.3) is 0 Å². The molecule has 10 heteroatoms. The van der Waals surface area contributed by atoms with Crippen molar-refractivity contribution in [3.05, 3.63) is 45.9 Å². The summed E-state index contributed by atoms with van der Waals surface area (Å²) in [6.07, 6.45) is 3.17. The van der Waals surface area contributed by atoms with Gasteiger partial charge < -0.3 is 25.1 Å². The van der Waals surface area contributed by atoms with Crippen molar-refractivity contribution in [3.8, 4) is 6.01 Å². The van der Waals surface area contributed by atoms with Crippen molar-refractivity contribution in [1.82, 2.24) is 29.3 Å². The number of hydrogen-bond acceptors (Lipinski definition) is 8. The minimum Gasteiger partial charge on any atom is -0.461 e. The molecule has 0 radical (unpaired) electrons. The van der Waals surface area contributed by atoms with E-state index in [1.807, 2.05) is 0 Å². The lowest BCUT2D eigenvalue weighted by Crippen LogP contribution is -2.33. The van der Waals surface area contributed by atoms with E-state index in [1.165, 1.54) is 11.1 Å². The number of nitrogens with zero attached hydrogens (tertiary/aromatic N) is 5. The largest absolute Gasteiger partial charge is 0.461 e. The number of nitrogens with two attached hydrogens (primary N) is 1. The first-order valence-electron chi connectivity index (χ1n) is 12.3. The number of hydrogen-bond donors (Lipinski definition) is 2. The third-order valence-electron chi connectivity index (χ3n) is 6.54. The Hall–Kier alpha value is -2.95. The quantitative estimate of drug-likeness (QED) is 0.399. The normalized spacial score (nSPS) is 15.3. The maximum atomic E-state index is 12.6. The number of piperidine rings is 1. The Bertz CT molecular complexity index is 1150. The topological polar surface area (TPSA) is 115 Å². The van der Waals surface area contributed by atoms with Crippen molar-refractivity contribution in [2.75, 3.05) is 53.2 Å². The van der Waals surface area contributed by atoms with Gasteiger partial charge in [-0.05, 0) is 63.5 Å². The molecule has 0 atom stereocenters. The summed E-state index contributed by atoms with van der Waals surface area (Å²) >= 11 is 0. The van der Waals surface area contributed by atoms with Gasteiger partial charge in [0.05, 0.1) is 6.61 Å². The smallest absolute Gasteiger partial charge is 0.327 e. The third kappa shape index (κ3) is 6.59. The number of ether oxygens (including phenoxy) is 2. The highest BCUT2D eigenvalue weighted by atomic mass is 16.5. The lowest BCUT2D eigenvalue weighted by Gasteiger charge is -2.32. The maximum Gasteiger partial charge on any atom is 0.327 e. The zero-order valence-corrected chi connectivity index (χ0v) is 21.0. The number of nitrogen functional groups attached to an aromatic ring is 1. The van der Waals surface area contributed by atoms with Crippen LogP contribution >= 0.6 is 0 Å². The van der Waals surface area contributed by atoms with E-state index < -0.39 is 0 Å². The molecular formula is C25H37N7O3. The Kier molecular flexibility index (Phi) is 8.37. The van der Waals surface area contributed by atoms with Crippen LogP contribution in [0.2, 0.25) is 0 Å². The fourth-order valence-electron chi connectivity index (χ4n) is 4.64. The number of aromatic nitrogens is 4. The van der Waals surface area contributed by atoms with E-state index in [2.05, 4.69) is 63.1 Å². The van der Waals surface area contributed by atoms with Crippen LogP contribution < -0.4 is 16.2 Å². The van der Waals surface area contributed by atoms with Gasteiger partial charge >= 0.3 is 11.7 Å². The monoisotopic (exact) mass is 483 g/mol. The summed E-state index contributed by atoms with van der Waals surface area (Å²) in [6, 6.07) is 9.10. The highest BCUT2D eigenvalue weighted by Gasteiger charge is 2.21. The van der Waals surface area contributed by atoms with E-state index >= 15 is 0 Å². The molecule has 4 rings (SSSR count). The molecule has 10 nitrogen and oxygen atoms in total. The second kappa shape index (κ2) is 11.7. The number of benzene rings is 1. The van der Waals surface area contributed by atoms with E-state index in [0.29, 0.717) is 36.8 Å². The van der Waals surface area contributed by atoms with Gasteiger partial charge in [0.15, 0.2) is 11.5 Å². The van der Waals surface area contributed by atoms with Crippen LogP contribution in [0.25, 0.3) is 11.2 Å². The predicted octanol–water partition coefficient (Wildman–Crippen LogP) is 2.09. The van der Waals surface area contributed by atoms with Crippen LogP contribution in [0.3, 0.4) is 0 Å². The summed E-state index contributed by atoms with van der Waals surface area (Å²) in [7, 11) is 5.78. The number of anilines is 1. The molecule has 0 spiro atoms. The lowest BCUT2D eigenvalue weighted by atomic mass is 9.93. The standard InChI is InChI=1S/C25H37N7O3/c1-30(2)16-19-4-6-20(7-5-19)17-31-11-8-18(9-12-31)10-13-32-23-21(27-25(32)33)22(26)28-24(29-23)35-15-14-34-3/h4-7,18H,8-17H2,1-3H3,(H,27,33)(H2,26,28,29). The van der Waals surface area contributed by atoms with Crippen molar-refractivity contribution < 1.29 is 9.47 Å². The number of likely N-dealkylation sites (tertiary alicyclic amines) is 1. The van der Waals surface area contributed by atoms with Gasteiger partial charge in [0.1, 0.15) is 12.1 Å². The number of methoxy groups -OCH3 is 1. The average Bonchev–Trinajstić information content (AvgIpc) is 3.15. The van der Waals surface area contributed by atoms with E-state index in [1.54, 1.807) is 11.7 Å². The molecular weight excluding hydrogens is 446 g/mol. The van der Waals surface area contributed by atoms with Gasteiger partial charge in [-0.25, -0.2) is 4.79 Å². The maximum absolute atomic E-state index is 12.6. The van der Waals surface area contributed by atoms with Crippen molar-refractivity contribution >= 4 is 17.0 Å². The second-order valence-electron chi connectivity index (χ2n) is 9.58. The Labute approximate surface area is 206 Å². The fraction of sp³-hybridized carbons (Fsp3) is 0.560. The van der Waals surface area contributed by atoms with Crippen LogP contribution in [0.15, 0.2) is 29.1 Å². The third-order valence-corrected chi connectivity index (χ3v) is 6.54. The molecule has 190 valence electrons. The van der Waals surface area contributed by atoms with Crippen LogP contribution in [-0.4, -0.2) is 76.8 Å². The van der Waals surface area contributed by atoms with Crippen molar-refractivity contribution in [1.29, 1.82) is 0 Å². The van der Waals surface area contributed by atoms with Crippen LogP contribution in [0.4, 0.5) is 5.82 Å². The molecule has 0 unspecified atom stereocenters. The Morgan fingerprint density at radius 2 is 1.83 bits per heavy atom. The van der Waals surface area contributed by atoms with E-state index in [0.717, 1.165) is 45.4 Å². The minimum atomic E-state index is -0.217. The molecule has 2 aromatic heterocycles. The summed E-state index contributed by atoms with van der Waals surface area (Å²) in [5.41, 5.74) is 9.47. The van der Waals surface area contributed by atoms with Crippen molar-refractivity contribution in [2.45, 2.75) is 38.9 Å². The first-order chi connectivity index (χ1) is 16.9. The van der Waals surface area contributed by atoms with Gasteiger partial charge in [-0.15, -0.1) is 0 Å². The summed E-state index contributed by atoms with van der Waals surface area (Å²) in [4.78, 5) is 28.6.